The second-order valence-corrected chi connectivity index (χ2v) is 8.00. The van der Waals surface area contributed by atoms with Crippen LogP contribution in [0.1, 0.15) is 26.8 Å². The van der Waals surface area contributed by atoms with Crippen molar-refractivity contribution in [2.24, 2.45) is 0 Å². The number of benzene rings is 2. The van der Waals surface area contributed by atoms with E-state index in [1.165, 1.54) is 40.5 Å². The van der Waals surface area contributed by atoms with E-state index in [1.54, 1.807) is 17.5 Å². The predicted molar refractivity (Wildman–Crippen MR) is 116 cm³/mol. The summed E-state index contributed by atoms with van der Waals surface area (Å²) in [5, 5.41) is 23.4. The molecular formula is C23H18N2O5S. The molecular weight excluding hydrogens is 416 g/mol. The number of hydrogen-bond acceptors (Lipinski definition) is 6. The number of aliphatic hydroxyl groups excluding tert-OH is 1. The molecule has 0 radical (unpaired) electrons. The average molecular weight is 434 g/mol. The minimum absolute atomic E-state index is 0.00522. The molecule has 1 N–H and O–H groups in total. The summed E-state index contributed by atoms with van der Waals surface area (Å²) in [6.45, 7) is 0.274. The van der Waals surface area contributed by atoms with E-state index in [0.29, 0.717) is 16.9 Å². The molecule has 2 aromatic carbocycles. The van der Waals surface area contributed by atoms with E-state index in [1.807, 2.05) is 30.3 Å². The first-order chi connectivity index (χ1) is 15.0. The van der Waals surface area contributed by atoms with Crippen molar-refractivity contribution in [3.8, 4) is 0 Å². The minimum atomic E-state index is -0.827. The number of carbonyl (C=O) groups is 2. The van der Waals surface area contributed by atoms with Gasteiger partial charge in [-0.15, -0.1) is 11.3 Å². The first kappa shape index (κ1) is 20.5. The van der Waals surface area contributed by atoms with Gasteiger partial charge in [0.25, 0.3) is 11.6 Å². The Morgan fingerprint density at radius 2 is 1.77 bits per heavy atom. The summed E-state index contributed by atoms with van der Waals surface area (Å²) >= 11 is 1.22. The number of hydrogen-bond donors (Lipinski definition) is 1. The summed E-state index contributed by atoms with van der Waals surface area (Å²) < 4.78 is 0. The van der Waals surface area contributed by atoms with Crippen LogP contribution in [0.25, 0.3) is 0 Å². The minimum Gasteiger partial charge on any atom is -0.503 e. The summed E-state index contributed by atoms with van der Waals surface area (Å²) in [5.74, 6) is -1.62. The van der Waals surface area contributed by atoms with Crippen LogP contribution >= 0.6 is 11.3 Å². The van der Waals surface area contributed by atoms with E-state index in [0.717, 1.165) is 5.56 Å². The number of carbonyl (C=O) groups excluding carboxylic acids is 2. The summed E-state index contributed by atoms with van der Waals surface area (Å²) in [7, 11) is 0. The lowest BCUT2D eigenvalue weighted by Gasteiger charge is -2.26. The topological polar surface area (TPSA) is 101 Å². The maximum atomic E-state index is 13.1. The Bertz CT molecular complexity index is 1150. The summed E-state index contributed by atoms with van der Waals surface area (Å²) in [4.78, 5) is 38.5. The molecule has 0 saturated heterocycles. The van der Waals surface area contributed by atoms with E-state index in [9.17, 15) is 24.8 Å². The Balaban J connectivity index is 1.72. The molecule has 0 aliphatic carbocycles. The van der Waals surface area contributed by atoms with Gasteiger partial charge >= 0.3 is 0 Å². The molecule has 1 aliphatic rings. The lowest BCUT2D eigenvalue weighted by atomic mass is 9.95. The zero-order valence-electron chi connectivity index (χ0n) is 16.3. The molecule has 7 nitrogen and oxygen atoms in total. The first-order valence-electron chi connectivity index (χ1n) is 9.58. The number of amides is 1. The number of nitro groups is 1. The SMILES string of the molecule is O=C(C1=C(O)C(=O)N(CCc2ccccc2)[C@H]1c1ccc([N+](=O)[O-])cc1)c1cccs1. The molecule has 0 fully saturated rings. The van der Waals surface area contributed by atoms with Crippen LogP contribution in [0.5, 0.6) is 0 Å². The number of Topliss-reactive ketones (excluding diaryl/α,β-unsaturated/α-hetero) is 1. The Kier molecular flexibility index (Phi) is 5.64. The molecule has 4 rings (SSSR count). The van der Waals surface area contributed by atoms with Crippen LogP contribution in [0.2, 0.25) is 0 Å². The molecule has 0 bridgehead atoms. The average Bonchev–Trinajstić information content (AvgIpc) is 3.41. The first-order valence-corrected chi connectivity index (χ1v) is 10.5. The number of aliphatic hydroxyl groups is 1. The Morgan fingerprint density at radius 1 is 1.06 bits per heavy atom. The van der Waals surface area contributed by atoms with Crippen LogP contribution in [0.15, 0.2) is 83.4 Å². The number of ketones is 1. The third-order valence-electron chi connectivity index (χ3n) is 5.20. The largest absolute Gasteiger partial charge is 0.503 e. The van der Waals surface area contributed by atoms with Gasteiger partial charge in [0.05, 0.1) is 21.4 Å². The van der Waals surface area contributed by atoms with Crippen LogP contribution in [0.3, 0.4) is 0 Å². The number of rotatable bonds is 7. The second kappa shape index (κ2) is 8.53. The molecule has 1 aromatic heterocycles. The number of nitrogens with zero attached hydrogens (tertiary/aromatic N) is 2. The van der Waals surface area contributed by atoms with Gasteiger partial charge in [0.2, 0.25) is 5.78 Å². The van der Waals surface area contributed by atoms with Crippen LogP contribution in [0.4, 0.5) is 5.69 Å². The summed E-state index contributed by atoms with van der Waals surface area (Å²) in [6.07, 6.45) is 0.532. The van der Waals surface area contributed by atoms with Crippen molar-refractivity contribution in [1.82, 2.24) is 4.90 Å². The van der Waals surface area contributed by atoms with Gasteiger partial charge in [-0.1, -0.05) is 36.4 Å². The predicted octanol–water partition coefficient (Wildman–Crippen LogP) is 4.48. The molecule has 1 atom stereocenters. The van der Waals surface area contributed by atoms with Crippen molar-refractivity contribution in [2.45, 2.75) is 12.5 Å². The van der Waals surface area contributed by atoms with Crippen molar-refractivity contribution >= 4 is 28.7 Å². The van der Waals surface area contributed by atoms with Crippen LogP contribution < -0.4 is 0 Å². The molecule has 0 saturated carbocycles. The lowest BCUT2D eigenvalue weighted by molar-refractivity contribution is -0.384. The normalized spacial score (nSPS) is 16.1. The molecule has 1 aliphatic heterocycles. The van der Waals surface area contributed by atoms with Crippen LogP contribution in [-0.4, -0.2) is 33.2 Å². The van der Waals surface area contributed by atoms with Gasteiger partial charge in [-0.2, -0.15) is 0 Å². The zero-order chi connectivity index (χ0) is 22.0. The molecule has 2 heterocycles. The highest BCUT2D eigenvalue weighted by Gasteiger charge is 2.43. The monoisotopic (exact) mass is 434 g/mol. The van der Waals surface area contributed by atoms with E-state index in [4.69, 9.17) is 0 Å². The maximum Gasteiger partial charge on any atom is 0.290 e. The number of non-ortho nitro benzene ring substituents is 1. The van der Waals surface area contributed by atoms with Crippen molar-refractivity contribution in [3.63, 3.8) is 0 Å². The van der Waals surface area contributed by atoms with Crippen molar-refractivity contribution < 1.29 is 19.6 Å². The molecule has 8 heteroatoms. The van der Waals surface area contributed by atoms with Crippen LogP contribution in [-0.2, 0) is 11.2 Å². The smallest absolute Gasteiger partial charge is 0.290 e. The van der Waals surface area contributed by atoms with Gasteiger partial charge in [-0.25, -0.2) is 0 Å². The zero-order valence-corrected chi connectivity index (χ0v) is 17.1. The van der Waals surface area contributed by atoms with Gasteiger partial charge in [-0.3, -0.25) is 19.7 Å². The molecule has 0 unspecified atom stereocenters. The van der Waals surface area contributed by atoms with Crippen molar-refractivity contribution in [2.75, 3.05) is 6.54 Å². The highest BCUT2D eigenvalue weighted by Crippen LogP contribution is 2.40. The summed E-state index contributed by atoms with van der Waals surface area (Å²) in [5.41, 5.74) is 1.43. The fourth-order valence-electron chi connectivity index (χ4n) is 3.68. The van der Waals surface area contributed by atoms with Gasteiger partial charge in [0.1, 0.15) is 0 Å². The van der Waals surface area contributed by atoms with E-state index < -0.39 is 28.4 Å². The van der Waals surface area contributed by atoms with Crippen molar-refractivity contribution in [3.05, 3.63) is 110 Å². The summed E-state index contributed by atoms with van der Waals surface area (Å²) in [6, 6.07) is 17.8. The molecule has 0 spiro atoms. The van der Waals surface area contributed by atoms with Gasteiger partial charge in [-0.05, 0) is 41.1 Å². The molecule has 31 heavy (non-hydrogen) atoms. The Labute approximate surface area is 182 Å². The number of thiophene rings is 1. The maximum absolute atomic E-state index is 13.1. The van der Waals surface area contributed by atoms with Crippen LogP contribution in [0, 0.1) is 10.1 Å². The Morgan fingerprint density at radius 3 is 2.39 bits per heavy atom. The molecule has 156 valence electrons. The fraction of sp³-hybridized carbons (Fsp3) is 0.130. The quantitative estimate of drug-likeness (QED) is 0.336. The van der Waals surface area contributed by atoms with Crippen molar-refractivity contribution in [1.29, 1.82) is 0 Å². The van der Waals surface area contributed by atoms with Gasteiger partial charge in [0.15, 0.2) is 5.76 Å². The third kappa shape index (κ3) is 3.97. The lowest BCUT2D eigenvalue weighted by Crippen LogP contribution is -2.33. The van der Waals surface area contributed by atoms with E-state index in [-0.39, 0.29) is 17.8 Å². The second-order valence-electron chi connectivity index (χ2n) is 7.05. The van der Waals surface area contributed by atoms with Gasteiger partial charge in [0, 0.05) is 18.7 Å². The fourth-order valence-corrected chi connectivity index (χ4v) is 4.35. The Hall–Kier alpha value is -3.78. The molecule has 1 amide bonds. The number of nitro benzene ring substituents is 1. The van der Waals surface area contributed by atoms with E-state index in [2.05, 4.69) is 0 Å². The highest BCUT2D eigenvalue weighted by molar-refractivity contribution is 7.12. The van der Waals surface area contributed by atoms with Gasteiger partial charge < -0.3 is 10.0 Å². The standard InChI is InChI=1S/C23H18N2O5S/c26-21(18-7-4-14-31-18)19-20(16-8-10-17(11-9-16)25(29)30)24(23(28)22(19)27)13-12-15-5-2-1-3-6-15/h1-11,14,20,27H,12-13H2/t20-/m0/s1. The molecule has 3 aromatic rings. The highest BCUT2D eigenvalue weighted by atomic mass is 32.1. The third-order valence-corrected chi connectivity index (χ3v) is 6.07. The van der Waals surface area contributed by atoms with E-state index >= 15 is 0 Å².